The smallest absolute Gasteiger partial charge is 0.246 e. The maximum Gasteiger partial charge on any atom is 0.246 e. The van der Waals surface area contributed by atoms with Crippen LogP contribution in [-0.4, -0.2) is 54.5 Å². The van der Waals surface area contributed by atoms with Crippen molar-refractivity contribution in [1.29, 1.82) is 0 Å². The van der Waals surface area contributed by atoms with E-state index in [9.17, 15) is 4.79 Å². The fraction of sp³-hybridized carbons (Fsp3) is 0.500. The normalized spacial score (nSPS) is 19.0. The van der Waals surface area contributed by atoms with Gasteiger partial charge < -0.3 is 9.64 Å². The maximum absolute atomic E-state index is 12.4. The molecule has 0 N–H and O–H groups in total. The summed E-state index contributed by atoms with van der Waals surface area (Å²) in [6.45, 7) is 4.23. The molecule has 0 bridgehead atoms. The van der Waals surface area contributed by atoms with Crippen LogP contribution in [0.4, 0.5) is 0 Å². The minimum Gasteiger partial charge on any atom is -0.490 e. The van der Waals surface area contributed by atoms with Gasteiger partial charge in [-0.3, -0.25) is 9.69 Å². The van der Waals surface area contributed by atoms with E-state index in [0.29, 0.717) is 6.10 Å². The fourth-order valence-electron chi connectivity index (χ4n) is 3.58. The van der Waals surface area contributed by atoms with Gasteiger partial charge in [0.25, 0.3) is 0 Å². The van der Waals surface area contributed by atoms with Crippen LogP contribution < -0.4 is 4.74 Å². The molecule has 0 spiro atoms. The van der Waals surface area contributed by atoms with E-state index in [0.717, 1.165) is 63.3 Å². The Balaban J connectivity index is 1.50. The average Bonchev–Trinajstić information content (AvgIpc) is 3.18. The number of hydrogen-bond acceptors (Lipinski definition) is 3. The maximum atomic E-state index is 12.4. The van der Waals surface area contributed by atoms with Crippen LogP contribution in [0.3, 0.4) is 0 Å². The second kappa shape index (κ2) is 9.45. The van der Waals surface area contributed by atoms with E-state index >= 15 is 0 Å². The van der Waals surface area contributed by atoms with E-state index in [4.69, 9.17) is 11.2 Å². The monoisotopic (exact) mass is 352 g/mol. The van der Waals surface area contributed by atoms with Crippen LogP contribution in [0.15, 0.2) is 30.3 Å². The lowest BCUT2D eigenvalue weighted by Crippen LogP contribution is -2.48. The number of rotatable bonds is 6. The van der Waals surface area contributed by atoms with Gasteiger partial charge in [-0.25, -0.2) is 0 Å². The molecule has 0 radical (unpaired) electrons. The van der Waals surface area contributed by atoms with Crippen molar-refractivity contribution in [3.8, 4) is 18.1 Å². The summed E-state index contributed by atoms with van der Waals surface area (Å²) in [5.41, 5.74) is 1.00. The predicted molar refractivity (Wildman–Crippen MR) is 105 cm³/mol. The fourth-order valence-corrected chi connectivity index (χ4v) is 3.58. The molecule has 2 aliphatic rings. The van der Waals surface area contributed by atoms with Crippen LogP contribution in [0.5, 0.6) is 5.75 Å². The Morgan fingerprint density at radius 2 is 2.00 bits per heavy atom. The zero-order valence-electron chi connectivity index (χ0n) is 15.4. The van der Waals surface area contributed by atoms with Crippen molar-refractivity contribution in [2.75, 3.05) is 32.7 Å². The van der Waals surface area contributed by atoms with Gasteiger partial charge >= 0.3 is 0 Å². The van der Waals surface area contributed by atoms with Crippen molar-refractivity contribution < 1.29 is 9.53 Å². The Kier molecular flexibility index (Phi) is 6.74. The van der Waals surface area contributed by atoms with E-state index in [1.165, 1.54) is 12.8 Å². The number of ether oxygens (including phenoxy) is 1. The second-order valence-corrected chi connectivity index (χ2v) is 7.05. The SMILES string of the molecule is C#CCCN1CCN(C(=O)/C=C/c2cccc(OC3CCCC3)c2)CC1. The molecule has 0 aromatic heterocycles. The first-order valence-electron chi connectivity index (χ1n) is 9.64. The lowest BCUT2D eigenvalue weighted by atomic mass is 10.2. The molecule has 1 amide bonds. The highest BCUT2D eigenvalue weighted by molar-refractivity contribution is 5.91. The van der Waals surface area contributed by atoms with Gasteiger partial charge in [-0.1, -0.05) is 12.1 Å². The summed E-state index contributed by atoms with van der Waals surface area (Å²) in [7, 11) is 0. The van der Waals surface area contributed by atoms with Crippen LogP contribution in [-0.2, 0) is 4.79 Å². The number of terminal acetylenes is 1. The number of piperazine rings is 1. The first kappa shape index (κ1) is 18.5. The van der Waals surface area contributed by atoms with Crippen LogP contribution >= 0.6 is 0 Å². The van der Waals surface area contributed by atoms with Gasteiger partial charge in [0.1, 0.15) is 5.75 Å². The number of amides is 1. The van der Waals surface area contributed by atoms with Crippen molar-refractivity contribution in [1.82, 2.24) is 9.80 Å². The van der Waals surface area contributed by atoms with E-state index < -0.39 is 0 Å². The molecule has 1 aliphatic heterocycles. The van der Waals surface area contributed by atoms with E-state index in [1.54, 1.807) is 6.08 Å². The minimum atomic E-state index is 0.0729. The van der Waals surface area contributed by atoms with Crippen molar-refractivity contribution in [3.63, 3.8) is 0 Å². The first-order valence-corrected chi connectivity index (χ1v) is 9.64. The summed E-state index contributed by atoms with van der Waals surface area (Å²) in [6, 6.07) is 7.99. The van der Waals surface area contributed by atoms with Crippen molar-refractivity contribution >= 4 is 12.0 Å². The zero-order valence-corrected chi connectivity index (χ0v) is 15.4. The molecule has 138 valence electrons. The van der Waals surface area contributed by atoms with Crippen LogP contribution in [0.2, 0.25) is 0 Å². The Morgan fingerprint density at radius 3 is 2.73 bits per heavy atom. The molecule has 1 heterocycles. The van der Waals surface area contributed by atoms with Crippen LogP contribution in [0.25, 0.3) is 6.08 Å². The molecule has 0 unspecified atom stereocenters. The summed E-state index contributed by atoms with van der Waals surface area (Å²) >= 11 is 0. The van der Waals surface area contributed by atoms with E-state index in [2.05, 4.69) is 10.8 Å². The Hall–Kier alpha value is -2.25. The highest BCUT2D eigenvalue weighted by Crippen LogP contribution is 2.24. The first-order chi connectivity index (χ1) is 12.7. The quantitative estimate of drug-likeness (QED) is 0.582. The van der Waals surface area contributed by atoms with Crippen molar-refractivity contribution in [3.05, 3.63) is 35.9 Å². The third-order valence-corrected chi connectivity index (χ3v) is 5.14. The standard InChI is InChI=1S/C22H28N2O2/c1-2-3-13-23-14-16-24(17-15-23)22(25)12-11-19-7-6-10-21(18-19)26-20-8-4-5-9-20/h1,6-7,10-12,18,20H,3-5,8-9,13-17H2/b12-11+. The van der Waals surface area contributed by atoms with Gasteiger partial charge in [0.05, 0.1) is 6.10 Å². The van der Waals surface area contributed by atoms with Crippen molar-refractivity contribution in [2.24, 2.45) is 0 Å². The lowest BCUT2D eigenvalue weighted by Gasteiger charge is -2.33. The lowest BCUT2D eigenvalue weighted by molar-refractivity contribution is -0.127. The third kappa shape index (κ3) is 5.37. The number of hydrogen-bond donors (Lipinski definition) is 0. The van der Waals surface area contributed by atoms with Gasteiger partial charge in [0, 0.05) is 45.2 Å². The topological polar surface area (TPSA) is 32.8 Å². The van der Waals surface area contributed by atoms with E-state index in [1.807, 2.05) is 35.2 Å². The number of carbonyl (C=O) groups is 1. The molecule has 4 heteroatoms. The molecule has 0 atom stereocenters. The molecular weight excluding hydrogens is 324 g/mol. The Bertz CT molecular complexity index is 663. The van der Waals surface area contributed by atoms with E-state index in [-0.39, 0.29) is 5.91 Å². The molecule has 1 saturated carbocycles. The van der Waals surface area contributed by atoms with Gasteiger partial charge in [0.2, 0.25) is 5.91 Å². The third-order valence-electron chi connectivity index (χ3n) is 5.14. The van der Waals surface area contributed by atoms with Gasteiger partial charge in [-0.05, 0) is 49.5 Å². The average molecular weight is 352 g/mol. The van der Waals surface area contributed by atoms with Gasteiger partial charge in [-0.2, -0.15) is 0 Å². The predicted octanol–water partition coefficient (Wildman–Crippen LogP) is 3.19. The molecule has 3 rings (SSSR count). The molecule has 1 aromatic carbocycles. The molecule has 2 fully saturated rings. The molecular formula is C22H28N2O2. The molecule has 26 heavy (non-hydrogen) atoms. The Morgan fingerprint density at radius 1 is 1.23 bits per heavy atom. The van der Waals surface area contributed by atoms with Crippen LogP contribution in [0, 0.1) is 12.3 Å². The minimum absolute atomic E-state index is 0.0729. The highest BCUT2D eigenvalue weighted by Gasteiger charge is 2.19. The van der Waals surface area contributed by atoms with Crippen molar-refractivity contribution in [2.45, 2.75) is 38.2 Å². The van der Waals surface area contributed by atoms with Gasteiger partial charge in [-0.15, -0.1) is 12.3 Å². The summed E-state index contributed by atoms with van der Waals surface area (Å²) in [6.07, 6.45) is 14.8. The molecule has 1 aliphatic carbocycles. The summed E-state index contributed by atoms with van der Waals surface area (Å²) in [5.74, 6) is 3.64. The zero-order chi connectivity index (χ0) is 18.2. The molecule has 4 nitrogen and oxygen atoms in total. The number of benzene rings is 1. The summed E-state index contributed by atoms with van der Waals surface area (Å²) < 4.78 is 6.03. The molecule has 1 aromatic rings. The second-order valence-electron chi connectivity index (χ2n) is 7.05. The van der Waals surface area contributed by atoms with Gasteiger partial charge in [0.15, 0.2) is 0 Å². The molecule has 1 saturated heterocycles. The number of carbonyl (C=O) groups excluding carboxylic acids is 1. The summed E-state index contributed by atoms with van der Waals surface area (Å²) in [5, 5.41) is 0. The largest absolute Gasteiger partial charge is 0.490 e. The Labute approximate surface area is 156 Å². The summed E-state index contributed by atoms with van der Waals surface area (Å²) in [4.78, 5) is 16.6. The number of nitrogens with zero attached hydrogens (tertiary/aromatic N) is 2. The van der Waals surface area contributed by atoms with Crippen LogP contribution in [0.1, 0.15) is 37.7 Å². The highest BCUT2D eigenvalue weighted by atomic mass is 16.5.